The first-order chi connectivity index (χ1) is 11.0. The number of esters is 1. The lowest BCUT2D eigenvalue weighted by atomic mass is 9.85. The van der Waals surface area contributed by atoms with Crippen molar-refractivity contribution < 1.29 is 19.1 Å². The number of methoxy groups -OCH3 is 1. The van der Waals surface area contributed by atoms with E-state index in [1.165, 1.54) is 12.0 Å². The second-order valence-corrected chi connectivity index (χ2v) is 6.50. The quantitative estimate of drug-likeness (QED) is 0.477. The summed E-state index contributed by atoms with van der Waals surface area (Å²) in [4.78, 5) is 38.5. The predicted octanol–water partition coefficient (Wildman–Crippen LogP) is 2.09. The number of ether oxygens (including phenoxy) is 1. The number of carbonyl (C=O) groups excluding carboxylic acids is 3. The molecule has 118 valence electrons. The first kappa shape index (κ1) is 14.2. The lowest BCUT2D eigenvalue weighted by Gasteiger charge is -2.19. The Labute approximate surface area is 133 Å². The van der Waals surface area contributed by atoms with E-state index in [1.807, 2.05) is 0 Å². The summed E-state index contributed by atoms with van der Waals surface area (Å²) >= 11 is 0. The van der Waals surface area contributed by atoms with Gasteiger partial charge in [-0.25, -0.2) is 9.69 Å². The number of imide groups is 1. The number of allylic oxidation sites excluding steroid dienone is 2. The van der Waals surface area contributed by atoms with E-state index in [9.17, 15) is 14.4 Å². The summed E-state index contributed by atoms with van der Waals surface area (Å²) in [6.45, 7) is 1.79. The van der Waals surface area contributed by atoms with Crippen LogP contribution in [0.25, 0.3) is 0 Å². The SMILES string of the molecule is COC(=O)c1ccc(N2C(=O)[C@H]3[C@H](C2=O)[C@H]2C=C[C@H]3C2)c(C)c1. The summed E-state index contributed by atoms with van der Waals surface area (Å²) < 4.78 is 4.70. The predicted molar refractivity (Wildman–Crippen MR) is 82.7 cm³/mol. The molecule has 2 amide bonds. The first-order valence-electron chi connectivity index (χ1n) is 7.78. The highest BCUT2D eigenvalue weighted by molar-refractivity contribution is 6.23. The van der Waals surface area contributed by atoms with Crippen LogP contribution in [0.15, 0.2) is 30.4 Å². The highest BCUT2D eigenvalue weighted by atomic mass is 16.5. The van der Waals surface area contributed by atoms with E-state index in [4.69, 9.17) is 4.74 Å². The number of rotatable bonds is 2. The minimum absolute atomic E-state index is 0.106. The number of nitrogens with zero attached hydrogens (tertiary/aromatic N) is 1. The summed E-state index contributed by atoms with van der Waals surface area (Å²) in [6, 6.07) is 4.91. The molecular weight excluding hydrogens is 294 g/mol. The summed E-state index contributed by atoms with van der Waals surface area (Å²) in [5, 5.41) is 0. The first-order valence-corrected chi connectivity index (χ1v) is 7.78. The second kappa shape index (κ2) is 4.78. The number of amides is 2. The van der Waals surface area contributed by atoms with E-state index < -0.39 is 5.97 Å². The van der Waals surface area contributed by atoms with Gasteiger partial charge in [0.15, 0.2) is 0 Å². The van der Waals surface area contributed by atoms with Crippen molar-refractivity contribution in [2.24, 2.45) is 23.7 Å². The number of hydrogen-bond acceptors (Lipinski definition) is 4. The van der Waals surface area contributed by atoms with Crippen LogP contribution in [0.5, 0.6) is 0 Å². The minimum atomic E-state index is -0.433. The van der Waals surface area contributed by atoms with Crippen molar-refractivity contribution in [3.8, 4) is 0 Å². The standard InChI is InChI=1S/C18H17NO4/c1-9-7-12(18(22)23-2)5-6-13(9)19-16(20)14-10-3-4-11(8-10)15(14)17(19)21/h3-7,10-11,14-15H,8H2,1-2H3/t10-,11-,14+,15+/m0/s1. The third kappa shape index (κ3) is 1.82. The number of hydrogen-bond donors (Lipinski definition) is 0. The van der Waals surface area contributed by atoms with E-state index in [2.05, 4.69) is 12.2 Å². The van der Waals surface area contributed by atoms with Gasteiger partial charge in [-0.2, -0.15) is 0 Å². The van der Waals surface area contributed by atoms with Crippen molar-refractivity contribution in [3.05, 3.63) is 41.5 Å². The molecule has 0 radical (unpaired) electrons. The maximum atomic E-state index is 12.8. The Hall–Kier alpha value is -2.43. The molecule has 2 fully saturated rings. The highest BCUT2D eigenvalue weighted by Gasteiger charge is 2.59. The largest absolute Gasteiger partial charge is 0.465 e. The number of fused-ring (bicyclic) bond motifs is 5. The number of anilines is 1. The van der Waals surface area contributed by atoms with E-state index in [-0.39, 0.29) is 35.5 Å². The van der Waals surface area contributed by atoms with Gasteiger partial charge in [-0.1, -0.05) is 12.2 Å². The fraction of sp³-hybridized carbons (Fsp3) is 0.389. The Kier molecular flexibility index (Phi) is 2.95. The molecule has 5 nitrogen and oxygen atoms in total. The normalized spacial score (nSPS) is 31.0. The van der Waals surface area contributed by atoms with Gasteiger partial charge in [-0.15, -0.1) is 0 Å². The smallest absolute Gasteiger partial charge is 0.337 e. The molecule has 0 aromatic heterocycles. The van der Waals surface area contributed by atoms with Crippen LogP contribution in [-0.4, -0.2) is 24.9 Å². The van der Waals surface area contributed by atoms with Gasteiger partial charge in [0.05, 0.1) is 30.2 Å². The maximum absolute atomic E-state index is 12.8. The molecule has 1 aliphatic heterocycles. The molecule has 1 saturated carbocycles. The summed E-state index contributed by atoms with van der Waals surface area (Å²) in [7, 11) is 1.32. The van der Waals surface area contributed by atoms with Gasteiger partial charge < -0.3 is 4.74 Å². The molecule has 0 spiro atoms. The average Bonchev–Trinajstić information content (AvgIpc) is 3.21. The van der Waals surface area contributed by atoms with Crippen molar-refractivity contribution in [3.63, 3.8) is 0 Å². The van der Waals surface area contributed by atoms with Gasteiger partial charge in [0.1, 0.15) is 0 Å². The van der Waals surface area contributed by atoms with Gasteiger partial charge >= 0.3 is 5.97 Å². The Bertz CT molecular complexity index is 736. The van der Waals surface area contributed by atoms with E-state index in [0.717, 1.165) is 12.0 Å². The number of benzene rings is 1. The fourth-order valence-electron chi connectivity index (χ4n) is 4.29. The molecular formula is C18H17NO4. The summed E-state index contributed by atoms with van der Waals surface area (Å²) in [5.41, 5.74) is 1.70. The zero-order chi connectivity index (χ0) is 16.3. The van der Waals surface area contributed by atoms with Crippen molar-refractivity contribution in [1.82, 2.24) is 0 Å². The van der Waals surface area contributed by atoms with Crippen LogP contribution in [0, 0.1) is 30.6 Å². The van der Waals surface area contributed by atoms with Crippen molar-refractivity contribution in [1.29, 1.82) is 0 Å². The Morgan fingerprint density at radius 2 is 1.74 bits per heavy atom. The molecule has 0 unspecified atom stereocenters. The van der Waals surface area contributed by atoms with Crippen LogP contribution in [0.3, 0.4) is 0 Å². The third-order valence-electron chi connectivity index (χ3n) is 5.33. The van der Waals surface area contributed by atoms with Crippen molar-refractivity contribution in [2.75, 3.05) is 12.0 Å². The van der Waals surface area contributed by atoms with E-state index in [0.29, 0.717) is 11.3 Å². The average molecular weight is 311 g/mol. The molecule has 2 bridgehead atoms. The van der Waals surface area contributed by atoms with Crippen LogP contribution in [0.1, 0.15) is 22.3 Å². The summed E-state index contributed by atoms with van der Waals surface area (Å²) in [6.07, 6.45) is 5.07. The van der Waals surface area contributed by atoms with E-state index >= 15 is 0 Å². The van der Waals surface area contributed by atoms with Gasteiger partial charge in [0.2, 0.25) is 11.8 Å². The molecule has 1 saturated heterocycles. The molecule has 3 aliphatic rings. The molecule has 1 aromatic rings. The third-order valence-corrected chi connectivity index (χ3v) is 5.33. The van der Waals surface area contributed by atoms with Gasteiger partial charge in [-0.3, -0.25) is 9.59 Å². The minimum Gasteiger partial charge on any atom is -0.465 e. The topological polar surface area (TPSA) is 63.7 Å². The molecule has 1 heterocycles. The van der Waals surface area contributed by atoms with Crippen LogP contribution in [0.2, 0.25) is 0 Å². The Morgan fingerprint density at radius 3 is 2.26 bits per heavy atom. The zero-order valence-electron chi connectivity index (χ0n) is 13.0. The van der Waals surface area contributed by atoms with Gasteiger partial charge in [-0.05, 0) is 48.9 Å². The second-order valence-electron chi connectivity index (χ2n) is 6.50. The molecule has 0 N–H and O–H groups in total. The van der Waals surface area contributed by atoms with Gasteiger partial charge in [0, 0.05) is 0 Å². The van der Waals surface area contributed by atoms with E-state index in [1.54, 1.807) is 25.1 Å². The Morgan fingerprint density at radius 1 is 1.13 bits per heavy atom. The lowest BCUT2D eigenvalue weighted by Crippen LogP contribution is -2.33. The monoisotopic (exact) mass is 311 g/mol. The van der Waals surface area contributed by atoms with Crippen LogP contribution < -0.4 is 4.90 Å². The molecule has 23 heavy (non-hydrogen) atoms. The maximum Gasteiger partial charge on any atom is 0.337 e. The van der Waals surface area contributed by atoms with Gasteiger partial charge in [0.25, 0.3) is 0 Å². The lowest BCUT2D eigenvalue weighted by molar-refractivity contribution is -0.123. The Balaban J connectivity index is 1.71. The molecule has 4 atom stereocenters. The number of carbonyl (C=O) groups is 3. The van der Waals surface area contributed by atoms with Crippen molar-refractivity contribution >= 4 is 23.5 Å². The zero-order valence-corrected chi connectivity index (χ0v) is 13.0. The van der Waals surface area contributed by atoms with Crippen LogP contribution in [-0.2, 0) is 14.3 Å². The number of aryl methyl sites for hydroxylation is 1. The molecule has 5 heteroatoms. The molecule has 4 rings (SSSR count). The molecule has 2 aliphatic carbocycles. The van der Waals surface area contributed by atoms with Crippen LogP contribution >= 0.6 is 0 Å². The van der Waals surface area contributed by atoms with Crippen LogP contribution in [0.4, 0.5) is 5.69 Å². The molecule has 1 aromatic carbocycles. The summed E-state index contributed by atoms with van der Waals surface area (Å²) in [5.74, 6) is -0.675. The fourth-order valence-corrected chi connectivity index (χ4v) is 4.29. The highest BCUT2D eigenvalue weighted by Crippen LogP contribution is 2.53. The van der Waals surface area contributed by atoms with Crippen molar-refractivity contribution in [2.45, 2.75) is 13.3 Å².